The van der Waals surface area contributed by atoms with E-state index in [0.717, 1.165) is 11.4 Å². The van der Waals surface area contributed by atoms with E-state index in [2.05, 4.69) is 20.7 Å². The predicted octanol–water partition coefficient (Wildman–Crippen LogP) is 5.95. The first-order valence-electron chi connectivity index (χ1n) is 9.30. The Labute approximate surface area is 183 Å². The van der Waals surface area contributed by atoms with Crippen LogP contribution in [-0.2, 0) is 0 Å². The number of halogens is 1. The highest BCUT2D eigenvalue weighted by Gasteiger charge is 2.25. The molecule has 1 heterocycles. The monoisotopic (exact) mass is 432 g/mol. The average Bonchev–Trinajstić information content (AvgIpc) is 2.80. The summed E-state index contributed by atoms with van der Waals surface area (Å²) < 4.78 is 0. The van der Waals surface area contributed by atoms with Gasteiger partial charge in [0.05, 0.1) is 16.3 Å². The van der Waals surface area contributed by atoms with Crippen LogP contribution in [0.25, 0.3) is 0 Å². The van der Waals surface area contributed by atoms with Gasteiger partial charge in [-0.3, -0.25) is 20.5 Å². The average molecular weight is 433 g/mol. The molecule has 3 aromatic carbocycles. The fourth-order valence-electron chi connectivity index (χ4n) is 2.93. The van der Waals surface area contributed by atoms with E-state index in [-0.39, 0.29) is 17.3 Å². The van der Waals surface area contributed by atoms with Gasteiger partial charge in [-0.05, 0) is 48.5 Å². The largest absolute Gasteiger partial charge is 0.355 e. The topological polar surface area (TPSA) is 96.2 Å². The Balaban J connectivity index is 1.74. The van der Waals surface area contributed by atoms with Crippen LogP contribution in [0.3, 0.4) is 0 Å². The zero-order chi connectivity index (χ0) is 21.6. The Morgan fingerprint density at radius 3 is 1.90 bits per heavy atom. The molecule has 0 aliphatic carbocycles. The van der Waals surface area contributed by atoms with Crippen molar-refractivity contribution in [3.8, 4) is 0 Å². The minimum absolute atomic E-state index is 0.0455. The van der Waals surface area contributed by atoms with Gasteiger partial charge in [0.25, 0.3) is 0 Å². The molecule has 0 aliphatic heterocycles. The molecule has 0 radical (unpaired) electrons. The molecule has 0 unspecified atom stereocenters. The van der Waals surface area contributed by atoms with Crippen molar-refractivity contribution < 1.29 is 4.92 Å². The molecule has 0 saturated heterocycles. The number of hydrogen-bond acceptors (Lipinski definition) is 7. The van der Waals surface area contributed by atoms with Gasteiger partial charge in [-0.1, -0.05) is 48.0 Å². The minimum atomic E-state index is -0.519. The molecule has 0 saturated carbocycles. The maximum Gasteiger partial charge on any atom is 0.355 e. The lowest BCUT2D eigenvalue weighted by Crippen LogP contribution is -2.26. The summed E-state index contributed by atoms with van der Waals surface area (Å²) in [6, 6.07) is 25.7. The van der Waals surface area contributed by atoms with E-state index in [1.165, 1.54) is 6.33 Å². The summed E-state index contributed by atoms with van der Waals surface area (Å²) >= 11 is 5.92. The Morgan fingerprint density at radius 2 is 1.35 bits per heavy atom. The van der Waals surface area contributed by atoms with Crippen LogP contribution in [0.15, 0.2) is 91.3 Å². The molecule has 1 aromatic heterocycles. The number of nitrogens with one attached hydrogen (secondary N) is 2. The molecule has 9 heteroatoms. The van der Waals surface area contributed by atoms with Crippen molar-refractivity contribution in [2.24, 2.45) is 0 Å². The molecular weight excluding hydrogens is 416 g/mol. The van der Waals surface area contributed by atoms with Crippen molar-refractivity contribution in [2.75, 3.05) is 15.8 Å². The molecule has 4 aromatic rings. The summed E-state index contributed by atoms with van der Waals surface area (Å²) in [5, 5.41) is 17.2. The van der Waals surface area contributed by atoms with E-state index in [4.69, 9.17) is 11.6 Å². The van der Waals surface area contributed by atoms with Gasteiger partial charge in [-0.2, -0.15) is 0 Å². The molecular formula is C22H17ClN6O2. The zero-order valence-electron chi connectivity index (χ0n) is 16.1. The maximum atomic E-state index is 11.9. The lowest BCUT2D eigenvalue weighted by atomic mass is 10.2. The van der Waals surface area contributed by atoms with Crippen molar-refractivity contribution in [3.05, 3.63) is 106 Å². The molecule has 0 bridgehead atoms. The third-order valence-electron chi connectivity index (χ3n) is 4.36. The second-order valence-electron chi connectivity index (χ2n) is 6.43. The molecule has 2 N–H and O–H groups in total. The van der Waals surface area contributed by atoms with Gasteiger partial charge in [-0.15, -0.1) is 0 Å². The first-order valence-corrected chi connectivity index (χ1v) is 9.68. The first-order chi connectivity index (χ1) is 15.1. The molecule has 31 heavy (non-hydrogen) atoms. The summed E-state index contributed by atoms with van der Waals surface area (Å²) in [5.74, 6) is 0.107. The zero-order valence-corrected chi connectivity index (χ0v) is 16.9. The number of para-hydroxylation sites is 2. The molecule has 0 fully saturated rings. The Hall–Kier alpha value is -4.17. The molecule has 0 aliphatic rings. The van der Waals surface area contributed by atoms with Crippen molar-refractivity contribution in [1.82, 2.24) is 9.97 Å². The highest BCUT2D eigenvalue weighted by atomic mass is 35.5. The molecule has 0 spiro atoms. The van der Waals surface area contributed by atoms with Gasteiger partial charge >= 0.3 is 5.69 Å². The fraction of sp³-hybridized carbons (Fsp3) is 0. The summed E-state index contributed by atoms with van der Waals surface area (Å²) in [6.45, 7) is 0. The van der Waals surface area contributed by atoms with Crippen LogP contribution in [0.4, 0.5) is 34.4 Å². The SMILES string of the molecule is O=[N+]([O-])c1c(Nc2ccc(Cl)cc2)ncnc1NN(c1ccccc1)c1ccccc1. The number of nitro groups is 1. The van der Waals surface area contributed by atoms with Crippen LogP contribution in [-0.4, -0.2) is 14.9 Å². The van der Waals surface area contributed by atoms with E-state index in [1.807, 2.05) is 60.7 Å². The standard InChI is InChI=1S/C22H17ClN6O2/c23-16-11-13-17(14-12-16)26-21-20(29(30)31)22(25-15-24-21)27-28(18-7-3-1-4-8-18)19-9-5-2-6-10-19/h1-15H,(H2,24,25,26,27). The number of anilines is 5. The van der Waals surface area contributed by atoms with Crippen LogP contribution >= 0.6 is 11.6 Å². The highest BCUT2D eigenvalue weighted by Crippen LogP contribution is 2.34. The van der Waals surface area contributed by atoms with Crippen molar-refractivity contribution in [1.29, 1.82) is 0 Å². The van der Waals surface area contributed by atoms with Crippen LogP contribution in [0.2, 0.25) is 5.02 Å². The fourth-order valence-corrected chi connectivity index (χ4v) is 3.06. The van der Waals surface area contributed by atoms with E-state index in [1.54, 1.807) is 29.3 Å². The second-order valence-corrected chi connectivity index (χ2v) is 6.86. The van der Waals surface area contributed by atoms with E-state index >= 15 is 0 Å². The van der Waals surface area contributed by atoms with Crippen molar-refractivity contribution >= 4 is 46.0 Å². The van der Waals surface area contributed by atoms with Gasteiger partial charge in [0.2, 0.25) is 11.6 Å². The molecule has 0 atom stereocenters. The lowest BCUT2D eigenvalue weighted by Gasteiger charge is -2.26. The predicted molar refractivity (Wildman–Crippen MR) is 122 cm³/mol. The van der Waals surface area contributed by atoms with Crippen LogP contribution < -0.4 is 15.8 Å². The van der Waals surface area contributed by atoms with Gasteiger partial charge in [-0.25, -0.2) is 9.97 Å². The maximum absolute atomic E-state index is 11.9. The van der Waals surface area contributed by atoms with E-state index < -0.39 is 4.92 Å². The van der Waals surface area contributed by atoms with Gasteiger partial charge in [0.1, 0.15) is 6.33 Å². The second kappa shape index (κ2) is 9.10. The van der Waals surface area contributed by atoms with Crippen LogP contribution in [0, 0.1) is 10.1 Å². The Bertz CT molecular complexity index is 1130. The molecule has 154 valence electrons. The lowest BCUT2D eigenvalue weighted by molar-refractivity contribution is -0.383. The Morgan fingerprint density at radius 1 is 0.806 bits per heavy atom. The number of aromatic nitrogens is 2. The van der Waals surface area contributed by atoms with Crippen molar-refractivity contribution in [2.45, 2.75) is 0 Å². The van der Waals surface area contributed by atoms with E-state index in [0.29, 0.717) is 10.7 Å². The van der Waals surface area contributed by atoms with E-state index in [9.17, 15) is 10.1 Å². The minimum Gasteiger partial charge on any atom is -0.334 e. The smallest absolute Gasteiger partial charge is 0.334 e. The molecule has 0 amide bonds. The number of hydrazine groups is 1. The van der Waals surface area contributed by atoms with Crippen LogP contribution in [0.5, 0.6) is 0 Å². The van der Waals surface area contributed by atoms with Gasteiger partial charge < -0.3 is 5.32 Å². The van der Waals surface area contributed by atoms with Gasteiger partial charge in [0, 0.05) is 10.7 Å². The normalized spacial score (nSPS) is 10.4. The number of nitrogens with zero attached hydrogens (tertiary/aromatic N) is 4. The number of hydrogen-bond donors (Lipinski definition) is 2. The summed E-state index contributed by atoms with van der Waals surface area (Å²) in [5.41, 5.74) is 4.98. The summed E-state index contributed by atoms with van der Waals surface area (Å²) in [4.78, 5) is 19.6. The van der Waals surface area contributed by atoms with Gasteiger partial charge in [0.15, 0.2) is 0 Å². The highest BCUT2D eigenvalue weighted by molar-refractivity contribution is 6.30. The quantitative estimate of drug-likeness (QED) is 0.275. The third kappa shape index (κ3) is 4.71. The van der Waals surface area contributed by atoms with Crippen molar-refractivity contribution in [3.63, 3.8) is 0 Å². The summed E-state index contributed by atoms with van der Waals surface area (Å²) in [6.07, 6.45) is 1.27. The number of benzene rings is 3. The Kier molecular flexibility index (Phi) is 5.91. The van der Waals surface area contributed by atoms with Crippen LogP contribution in [0.1, 0.15) is 0 Å². The molecule has 8 nitrogen and oxygen atoms in total. The third-order valence-corrected chi connectivity index (χ3v) is 4.61. The molecule has 4 rings (SSSR count). The first kappa shape index (κ1) is 20.1. The summed E-state index contributed by atoms with van der Waals surface area (Å²) in [7, 11) is 0. The number of rotatable bonds is 7.